The van der Waals surface area contributed by atoms with Gasteiger partial charge in [-0.3, -0.25) is 4.79 Å². The largest absolute Gasteiger partial charge is 0.444 e. The predicted molar refractivity (Wildman–Crippen MR) is 94.9 cm³/mol. The van der Waals surface area contributed by atoms with E-state index in [1.807, 2.05) is 45.0 Å². The van der Waals surface area contributed by atoms with Crippen molar-refractivity contribution in [3.63, 3.8) is 0 Å². The predicted octanol–water partition coefficient (Wildman–Crippen LogP) is 2.57. The minimum Gasteiger partial charge on any atom is -0.444 e. The first kappa shape index (κ1) is 19.4. The maximum Gasteiger partial charge on any atom is 0.407 e. The number of primary amides is 1. The lowest BCUT2D eigenvalue weighted by molar-refractivity contribution is -0.118. The number of nitrogens with one attached hydrogen (secondary N) is 1. The Labute approximate surface area is 152 Å². The molecule has 26 heavy (non-hydrogen) atoms. The monoisotopic (exact) mass is 360 g/mol. The number of alkyl carbamates (subject to hydrolysis) is 1. The highest BCUT2D eigenvalue weighted by molar-refractivity contribution is 5.73. The molecule has 0 spiro atoms. The Kier molecular flexibility index (Phi) is 6.32. The van der Waals surface area contributed by atoms with Crippen LogP contribution in [0.5, 0.6) is 0 Å². The molecule has 3 N–H and O–H groups in total. The topological polar surface area (TPSA) is 120 Å². The highest BCUT2D eigenvalue weighted by atomic mass is 16.6. The molecule has 0 saturated carbocycles. The summed E-state index contributed by atoms with van der Waals surface area (Å²) in [5, 5.41) is 6.64. The van der Waals surface area contributed by atoms with Gasteiger partial charge in [0.05, 0.1) is 0 Å². The van der Waals surface area contributed by atoms with Gasteiger partial charge in [0.2, 0.25) is 17.6 Å². The Hall–Kier alpha value is -2.90. The molecule has 0 aliphatic carbocycles. The number of benzene rings is 1. The number of carbonyl (C=O) groups excluding carboxylic acids is 2. The fourth-order valence-corrected chi connectivity index (χ4v) is 2.15. The molecule has 0 aliphatic rings. The van der Waals surface area contributed by atoms with Crippen LogP contribution in [0.15, 0.2) is 28.8 Å². The van der Waals surface area contributed by atoms with Gasteiger partial charge in [-0.25, -0.2) is 4.79 Å². The maximum absolute atomic E-state index is 11.7. The van der Waals surface area contributed by atoms with Gasteiger partial charge in [-0.2, -0.15) is 4.98 Å². The highest BCUT2D eigenvalue weighted by Crippen LogP contribution is 2.17. The zero-order valence-electron chi connectivity index (χ0n) is 15.2. The second-order valence-corrected chi connectivity index (χ2v) is 6.88. The molecule has 8 heteroatoms. The minimum absolute atomic E-state index is 0.289. The van der Waals surface area contributed by atoms with E-state index in [9.17, 15) is 9.59 Å². The van der Waals surface area contributed by atoms with Gasteiger partial charge in [0.15, 0.2) is 0 Å². The summed E-state index contributed by atoms with van der Waals surface area (Å²) in [6, 6.07) is 7.44. The number of aromatic nitrogens is 2. The number of nitrogens with two attached hydrogens (primary N) is 1. The summed E-state index contributed by atoms with van der Waals surface area (Å²) in [6.07, 6.45) is 0.914. The third-order valence-electron chi connectivity index (χ3n) is 3.33. The summed E-state index contributed by atoms with van der Waals surface area (Å²) in [4.78, 5) is 26.7. The lowest BCUT2D eigenvalue weighted by Crippen LogP contribution is -2.32. The average Bonchev–Trinajstić information content (AvgIpc) is 3.00. The molecule has 0 unspecified atom stereocenters. The molecule has 0 fully saturated rings. The van der Waals surface area contributed by atoms with Crippen LogP contribution >= 0.6 is 0 Å². The van der Waals surface area contributed by atoms with Crippen LogP contribution in [0.3, 0.4) is 0 Å². The molecule has 2 rings (SSSR count). The van der Waals surface area contributed by atoms with Crippen molar-refractivity contribution >= 4 is 12.0 Å². The van der Waals surface area contributed by atoms with Crippen molar-refractivity contribution in [2.24, 2.45) is 5.73 Å². The van der Waals surface area contributed by atoms with E-state index >= 15 is 0 Å². The van der Waals surface area contributed by atoms with E-state index in [0.29, 0.717) is 31.1 Å². The third kappa shape index (κ3) is 6.54. The molecular formula is C18H24N4O4. The Morgan fingerprint density at radius 2 is 1.92 bits per heavy atom. The number of ether oxygens (including phenoxy) is 1. The summed E-state index contributed by atoms with van der Waals surface area (Å²) in [5.41, 5.74) is 6.30. The second-order valence-electron chi connectivity index (χ2n) is 6.88. The Balaban J connectivity index is 1.88. The van der Waals surface area contributed by atoms with Crippen molar-refractivity contribution in [2.45, 2.75) is 52.2 Å². The van der Waals surface area contributed by atoms with Crippen LogP contribution in [0.1, 0.15) is 45.1 Å². The third-order valence-corrected chi connectivity index (χ3v) is 3.33. The zero-order chi connectivity index (χ0) is 19.2. The molecule has 140 valence electrons. The number of aryl methyl sites for hydroxylation is 1. The first-order valence-corrected chi connectivity index (χ1v) is 8.40. The molecule has 1 heterocycles. The van der Waals surface area contributed by atoms with Gasteiger partial charge in [0.25, 0.3) is 0 Å². The fourth-order valence-electron chi connectivity index (χ4n) is 2.15. The minimum atomic E-state index is -0.526. The summed E-state index contributed by atoms with van der Waals surface area (Å²) >= 11 is 0. The molecule has 8 nitrogen and oxygen atoms in total. The number of amides is 2. The molecular weight excluding hydrogens is 336 g/mol. The van der Waals surface area contributed by atoms with E-state index in [-0.39, 0.29) is 12.3 Å². The van der Waals surface area contributed by atoms with Gasteiger partial charge < -0.3 is 20.3 Å². The number of hydrogen-bond donors (Lipinski definition) is 2. The van der Waals surface area contributed by atoms with Gasteiger partial charge in [0.1, 0.15) is 5.60 Å². The summed E-state index contributed by atoms with van der Waals surface area (Å²) < 4.78 is 10.4. The second kappa shape index (κ2) is 8.46. The van der Waals surface area contributed by atoms with Crippen molar-refractivity contribution in [3.8, 4) is 11.4 Å². The normalized spacial score (nSPS) is 11.2. The Bertz CT molecular complexity index is 747. The molecule has 1 aromatic heterocycles. The van der Waals surface area contributed by atoms with Crippen LogP contribution in [-0.4, -0.2) is 27.7 Å². The van der Waals surface area contributed by atoms with Crippen molar-refractivity contribution in [3.05, 3.63) is 35.7 Å². The molecule has 2 amide bonds. The molecule has 0 saturated heterocycles. The molecule has 0 radical (unpaired) electrons. The first-order valence-electron chi connectivity index (χ1n) is 8.40. The lowest BCUT2D eigenvalue weighted by Gasteiger charge is -2.19. The summed E-state index contributed by atoms with van der Waals surface area (Å²) in [6.45, 7) is 5.80. The van der Waals surface area contributed by atoms with Crippen molar-refractivity contribution in [2.75, 3.05) is 0 Å². The van der Waals surface area contributed by atoms with Crippen molar-refractivity contribution in [1.29, 1.82) is 0 Å². The van der Waals surface area contributed by atoms with Crippen LogP contribution < -0.4 is 11.1 Å². The molecule has 2 aromatic rings. The quantitative estimate of drug-likeness (QED) is 0.783. The van der Waals surface area contributed by atoms with E-state index < -0.39 is 11.7 Å². The van der Waals surface area contributed by atoms with Gasteiger partial charge >= 0.3 is 6.09 Å². The van der Waals surface area contributed by atoms with Gasteiger partial charge in [-0.15, -0.1) is 0 Å². The standard InChI is InChI=1S/C18H24N4O4/c1-18(2,3)25-17(24)20-11-12-7-9-13(10-8-12)16-21-15(26-22-16)6-4-5-14(19)23/h7-10H,4-6,11H2,1-3H3,(H2,19,23)(H,20,24). The van der Waals surface area contributed by atoms with Crippen LogP contribution in [0, 0.1) is 0 Å². The fraction of sp³-hybridized carbons (Fsp3) is 0.444. The van der Waals surface area contributed by atoms with Gasteiger partial charge in [0, 0.05) is 24.9 Å². The average molecular weight is 360 g/mol. The summed E-state index contributed by atoms with van der Waals surface area (Å²) in [7, 11) is 0. The van der Waals surface area contributed by atoms with Crippen LogP contribution in [-0.2, 0) is 22.5 Å². The van der Waals surface area contributed by atoms with Crippen molar-refractivity contribution in [1.82, 2.24) is 15.5 Å². The molecule has 1 aromatic carbocycles. The van der Waals surface area contributed by atoms with E-state index in [1.54, 1.807) is 0 Å². The smallest absolute Gasteiger partial charge is 0.407 e. The van der Waals surface area contributed by atoms with Gasteiger partial charge in [-0.1, -0.05) is 29.4 Å². The number of nitrogens with zero attached hydrogens (tertiary/aromatic N) is 2. The van der Waals surface area contributed by atoms with E-state index in [0.717, 1.165) is 11.1 Å². The summed E-state index contributed by atoms with van der Waals surface area (Å²) in [5.74, 6) is 0.600. The van der Waals surface area contributed by atoms with Crippen LogP contribution in [0.2, 0.25) is 0 Å². The van der Waals surface area contributed by atoms with Crippen LogP contribution in [0.25, 0.3) is 11.4 Å². The number of hydrogen-bond acceptors (Lipinski definition) is 6. The number of rotatable bonds is 7. The SMILES string of the molecule is CC(C)(C)OC(=O)NCc1ccc(-c2noc(CCCC(N)=O)n2)cc1. The van der Waals surface area contributed by atoms with Gasteiger partial charge in [-0.05, 0) is 32.8 Å². The van der Waals surface area contributed by atoms with E-state index in [1.165, 1.54) is 0 Å². The van der Waals surface area contributed by atoms with E-state index in [2.05, 4.69) is 15.5 Å². The zero-order valence-corrected chi connectivity index (χ0v) is 15.2. The highest BCUT2D eigenvalue weighted by Gasteiger charge is 2.15. The Morgan fingerprint density at radius 1 is 1.23 bits per heavy atom. The maximum atomic E-state index is 11.7. The Morgan fingerprint density at radius 3 is 2.54 bits per heavy atom. The molecule has 0 aliphatic heterocycles. The van der Waals surface area contributed by atoms with Crippen molar-refractivity contribution < 1.29 is 18.8 Å². The van der Waals surface area contributed by atoms with Crippen LogP contribution in [0.4, 0.5) is 4.79 Å². The van der Waals surface area contributed by atoms with E-state index in [4.69, 9.17) is 15.0 Å². The molecule has 0 bridgehead atoms. The number of carbonyl (C=O) groups is 2. The lowest BCUT2D eigenvalue weighted by atomic mass is 10.1. The molecule has 0 atom stereocenters. The first-order chi connectivity index (χ1) is 12.2.